The van der Waals surface area contributed by atoms with Gasteiger partial charge in [-0.05, 0) is 24.0 Å². The van der Waals surface area contributed by atoms with Crippen LogP contribution in [0.3, 0.4) is 0 Å². The van der Waals surface area contributed by atoms with Crippen molar-refractivity contribution in [1.82, 2.24) is 0 Å². The Balaban J connectivity index is 2.98. The molecule has 4 nitrogen and oxygen atoms in total. The van der Waals surface area contributed by atoms with Gasteiger partial charge in [0, 0.05) is 12.6 Å². The van der Waals surface area contributed by atoms with Crippen LogP contribution in [0.2, 0.25) is 0 Å². The lowest BCUT2D eigenvalue weighted by Gasteiger charge is -2.32. The van der Waals surface area contributed by atoms with Crippen molar-refractivity contribution in [2.24, 2.45) is 5.41 Å². The summed E-state index contributed by atoms with van der Waals surface area (Å²) in [4.78, 5) is 0. The molecule has 0 aromatic heterocycles. The first kappa shape index (κ1) is 14.3. The third-order valence-electron chi connectivity index (χ3n) is 3.02. The van der Waals surface area contributed by atoms with Crippen LogP contribution in [0.4, 0.5) is 11.4 Å². The summed E-state index contributed by atoms with van der Waals surface area (Å²) in [5.41, 5.74) is 7.62. The van der Waals surface area contributed by atoms with Gasteiger partial charge in [0.25, 0.3) is 0 Å². The second-order valence-electron chi connectivity index (χ2n) is 5.45. The monoisotopic (exact) mass is 247 g/mol. The Morgan fingerprint density at radius 2 is 2.11 bits per heavy atom. The van der Waals surface area contributed by atoms with Gasteiger partial charge in [0.1, 0.15) is 6.07 Å². The molecule has 0 aliphatic rings. The molecule has 0 heterocycles. The third-order valence-corrected chi connectivity index (χ3v) is 3.02. The first-order valence-corrected chi connectivity index (χ1v) is 6.06. The number of nitrogens with one attached hydrogen (secondary N) is 1. The van der Waals surface area contributed by atoms with Crippen molar-refractivity contribution in [1.29, 1.82) is 5.26 Å². The zero-order valence-corrected chi connectivity index (χ0v) is 11.2. The molecule has 1 unspecified atom stereocenters. The molecule has 1 rings (SSSR count). The largest absolute Gasteiger partial charge is 0.396 e. The lowest BCUT2D eigenvalue weighted by molar-refractivity contribution is 0.235. The van der Waals surface area contributed by atoms with E-state index < -0.39 is 0 Å². The van der Waals surface area contributed by atoms with E-state index in [1.807, 2.05) is 6.07 Å². The zero-order valence-electron chi connectivity index (χ0n) is 11.2. The highest BCUT2D eigenvalue weighted by atomic mass is 16.3. The van der Waals surface area contributed by atoms with Gasteiger partial charge in [-0.15, -0.1) is 0 Å². The van der Waals surface area contributed by atoms with Gasteiger partial charge in [-0.3, -0.25) is 0 Å². The molecule has 18 heavy (non-hydrogen) atoms. The van der Waals surface area contributed by atoms with Crippen LogP contribution < -0.4 is 11.1 Å². The molecule has 1 atom stereocenters. The molecule has 0 saturated heterocycles. The molecule has 98 valence electrons. The van der Waals surface area contributed by atoms with Gasteiger partial charge >= 0.3 is 0 Å². The standard InChI is InChI=1S/C14H21N3O/c1-14(2,3)12(7-8-18)17-11-6-4-5-10(9-15)13(11)16/h4-6,12,17-18H,7-8,16H2,1-3H3. The van der Waals surface area contributed by atoms with Crippen LogP contribution in [0.5, 0.6) is 0 Å². The topological polar surface area (TPSA) is 82.1 Å². The zero-order chi connectivity index (χ0) is 13.8. The molecule has 1 aromatic carbocycles. The van der Waals surface area contributed by atoms with Crippen molar-refractivity contribution in [3.63, 3.8) is 0 Å². The maximum Gasteiger partial charge on any atom is 0.101 e. The van der Waals surface area contributed by atoms with Gasteiger partial charge in [0.2, 0.25) is 0 Å². The number of aliphatic hydroxyl groups excluding tert-OH is 1. The van der Waals surface area contributed by atoms with E-state index in [0.29, 0.717) is 17.7 Å². The first-order valence-electron chi connectivity index (χ1n) is 6.06. The highest BCUT2D eigenvalue weighted by molar-refractivity contribution is 5.73. The Morgan fingerprint density at radius 1 is 1.44 bits per heavy atom. The van der Waals surface area contributed by atoms with Crippen molar-refractivity contribution in [3.8, 4) is 6.07 Å². The molecule has 0 fully saturated rings. The third kappa shape index (κ3) is 3.38. The van der Waals surface area contributed by atoms with Crippen molar-refractivity contribution < 1.29 is 5.11 Å². The fourth-order valence-corrected chi connectivity index (χ4v) is 1.83. The lowest BCUT2D eigenvalue weighted by Crippen LogP contribution is -2.35. The van der Waals surface area contributed by atoms with Crippen LogP contribution in [0, 0.1) is 16.7 Å². The summed E-state index contributed by atoms with van der Waals surface area (Å²) >= 11 is 0. The SMILES string of the molecule is CC(C)(C)C(CCO)Nc1cccc(C#N)c1N. The molecular formula is C14H21N3O. The van der Waals surface area contributed by atoms with Gasteiger partial charge in [-0.2, -0.15) is 5.26 Å². The molecule has 0 amide bonds. The minimum absolute atomic E-state index is 0.00216. The van der Waals surface area contributed by atoms with E-state index in [2.05, 4.69) is 32.2 Å². The fourth-order valence-electron chi connectivity index (χ4n) is 1.83. The number of rotatable bonds is 4. The Morgan fingerprint density at radius 3 is 2.61 bits per heavy atom. The number of hydrogen-bond acceptors (Lipinski definition) is 4. The molecule has 0 aliphatic carbocycles. The average molecular weight is 247 g/mol. The van der Waals surface area contributed by atoms with Crippen molar-refractivity contribution in [3.05, 3.63) is 23.8 Å². The number of aliphatic hydroxyl groups is 1. The van der Waals surface area contributed by atoms with Crippen LogP contribution in [-0.2, 0) is 0 Å². The fraction of sp³-hybridized carbons (Fsp3) is 0.500. The average Bonchev–Trinajstić information content (AvgIpc) is 2.29. The first-order chi connectivity index (χ1) is 8.40. The maximum atomic E-state index is 9.12. The molecule has 0 radical (unpaired) electrons. The normalized spacial score (nSPS) is 12.8. The van der Waals surface area contributed by atoms with Gasteiger partial charge in [-0.25, -0.2) is 0 Å². The number of hydrogen-bond donors (Lipinski definition) is 3. The minimum Gasteiger partial charge on any atom is -0.396 e. The molecular weight excluding hydrogens is 226 g/mol. The predicted molar refractivity (Wildman–Crippen MR) is 74.1 cm³/mol. The molecule has 0 saturated carbocycles. The van der Waals surface area contributed by atoms with Crippen molar-refractivity contribution >= 4 is 11.4 Å². The second kappa shape index (κ2) is 5.74. The van der Waals surface area contributed by atoms with E-state index in [0.717, 1.165) is 5.69 Å². The summed E-state index contributed by atoms with van der Waals surface area (Å²) in [5.74, 6) is 0. The summed E-state index contributed by atoms with van der Waals surface area (Å²) < 4.78 is 0. The van der Waals surface area contributed by atoms with Gasteiger partial charge < -0.3 is 16.2 Å². The van der Waals surface area contributed by atoms with Gasteiger partial charge in [-0.1, -0.05) is 26.8 Å². The quantitative estimate of drug-likeness (QED) is 0.713. The number of nitriles is 1. The summed E-state index contributed by atoms with van der Waals surface area (Å²) in [5, 5.41) is 21.4. The van der Waals surface area contributed by atoms with E-state index in [9.17, 15) is 0 Å². The highest BCUT2D eigenvalue weighted by Crippen LogP contribution is 2.29. The molecule has 0 bridgehead atoms. The van der Waals surface area contributed by atoms with Crippen LogP contribution in [0.25, 0.3) is 0 Å². The Labute approximate surface area is 108 Å². The number of benzene rings is 1. The van der Waals surface area contributed by atoms with Gasteiger partial charge in [0.05, 0.1) is 16.9 Å². The maximum absolute atomic E-state index is 9.12. The number of para-hydroxylation sites is 1. The summed E-state index contributed by atoms with van der Waals surface area (Å²) in [6.07, 6.45) is 0.639. The second-order valence-corrected chi connectivity index (χ2v) is 5.45. The number of nitrogens with zero attached hydrogens (tertiary/aromatic N) is 1. The smallest absolute Gasteiger partial charge is 0.101 e. The Kier molecular flexibility index (Phi) is 4.57. The van der Waals surface area contributed by atoms with Crippen molar-refractivity contribution in [2.75, 3.05) is 17.7 Å². The molecule has 4 N–H and O–H groups in total. The molecule has 1 aromatic rings. The molecule has 4 heteroatoms. The number of anilines is 2. The van der Waals surface area contributed by atoms with E-state index in [4.69, 9.17) is 16.1 Å². The van der Waals surface area contributed by atoms with Crippen LogP contribution in [0.1, 0.15) is 32.8 Å². The van der Waals surface area contributed by atoms with E-state index in [1.165, 1.54) is 0 Å². The number of nitrogens with two attached hydrogens (primary N) is 1. The summed E-state index contributed by atoms with van der Waals surface area (Å²) in [6.45, 7) is 6.42. The molecule has 0 spiro atoms. The van der Waals surface area contributed by atoms with E-state index in [-0.39, 0.29) is 18.1 Å². The van der Waals surface area contributed by atoms with Crippen LogP contribution in [0.15, 0.2) is 18.2 Å². The number of nitrogen functional groups attached to an aromatic ring is 1. The summed E-state index contributed by atoms with van der Waals surface area (Å²) in [7, 11) is 0. The minimum atomic E-state index is -0.00216. The van der Waals surface area contributed by atoms with E-state index in [1.54, 1.807) is 12.1 Å². The van der Waals surface area contributed by atoms with Crippen LogP contribution in [-0.4, -0.2) is 17.8 Å². The van der Waals surface area contributed by atoms with Crippen LogP contribution >= 0.6 is 0 Å². The van der Waals surface area contributed by atoms with Crippen molar-refractivity contribution in [2.45, 2.75) is 33.2 Å². The highest BCUT2D eigenvalue weighted by Gasteiger charge is 2.24. The van der Waals surface area contributed by atoms with E-state index >= 15 is 0 Å². The molecule has 0 aliphatic heterocycles. The summed E-state index contributed by atoms with van der Waals surface area (Å²) in [6, 6.07) is 7.51. The Bertz CT molecular complexity index is 443. The lowest BCUT2D eigenvalue weighted by atomic mass is 9.84. The predicted octanol–water partition coefficient (Wildman–Crippen LogP) is 2.35. The Hall–Kier alpha value is -1.73. The van der Waals surface area contributed by atoms with Gasteiger partial charge in [0.15, 0.2) is 0 Å².